The maximum atomic E-state index is 10.8. The van der Waals surface area contributed by atoms with E-state index in [9.17, 15) is 5.11 Å². The second kappa shape index (κ2) is 12.2. The number of hydrogen-bond donors (Lipinski definition) is 0. The van der Waals surface area contributed by atoms with E-state index in [1.54, 1.807) is 0 Å². The van der Waals surface area contributed by atoms with Crippen LogP contribution in [0.4, 0.5) is 0 Å². The van der Waals surface area contributed by atoms with E-state index in [4.69, 9.17) is 4.74 Å². The Morgan fingerprint density at radius 3 is 2.35 bits per heavy atom. The zero-order chi connectivity index (χ0) is 18.1. The molecule has 1 aliphatic carbocycles. The summed E-state index contributed by atoms with van der Waals surface area (Å²) in [6.45, 7) is 7.35. The molecule has 1 unspecified atom stereocenters. The molecule has 3 heteroatoms. The molecule has 1 aromatic rings. The molecule has 1 atom stereocenters. The molecule has 0 N–H and O–H groups in total. The molecule has 26 heavy (non-hydrogen) atoms. The van der Waals surface area contributed by atoms with Gasteiger partial charge in [0.1, 0.15) is 12.4 Å². The first-order valence-corrected chi connectivity index (χ1v) is 10.1. The van der Waals surface area contributed by atoms with E-state index in [1.165, 1.54) is 49.7 Å². The minimum Gasteiger partial charge on any atom is -0.854 e. The van der Waals surface area contributed by atoms with Gasteiger partial charge in [-0.2, -0.15) is 0 Å². The molecule has 1 saturated carbocycles. The van der Waals surface area contributed by atoms with Gasteiger partial charge < -0.3 is 9.84 Å². The fourth-order valence-corrected chi connectivity index (χ4v) is 3.95. The minimum atomic E-state index is -0.0107. The van der Waals surface area contributed by atoms with Crippen LogP contribution in [-0.4, -0.2) is 13.2 Å². The van der Waals surface area contributed by atoms with E-state index in [1.807, 2.05) is 12.1 Å². The van der Waals surface area contributed by atoms with Gasteiger partial charge in [-0.05, 0) is 60.3 Å². The molecule has 2 nitrogen and oxygen atoms in total. The Morgan fingerprint density at radius 2 is 1.81 bits per heavy atom. The Hall–Kier alpha value is -0.280. The Kier molecular flexibility index (Phi) is 11.2. The molecule has 0 aliphatic heterocycles. The molecule has 0 aromatic heterocycles. The average Bonchev–Trinajstić information content (AvgIpc) is 2.66. The summed E-state index contributed by atoms with van der Waals surface area (Å²) in [7, 11) is 0. The molecule has 0 spiro atoms. The first kappa shape index (κ1) is 23.8. The normalized spacial score (nSPS) is 18.1. The third-order valence-electron chi connectivity index (χ3n) is 5.94. The molecule has 1 aliphatic rings. The van der Waals surface area contributed by atoms with Crippen LogP contribution in [0.5, 0.6) is 5.75 Å². The number of hydrogen-bond acceptors (Lipinski definition) is 2. The van der Waals surface area contributed by atoms with Gasteiger partial charge in [-0.1, -0.05) is 64.7 Å². The van der Waals surface area contributed by atoms with Crippen LogP contribution >= 0.6 is 0 Å². The van der Waals surface area contributed by atoms with Gasteiger partial charge in [-0.25, -0.2) is 0 Å². The third kappa shape index (κ3) is 7.03. The smallest absolute Gasteiger partial charge is 0.854 e. The second-order valence-corrected chi connectivity index (χ2v) is 7.68. The maximum Gasteiger partial charge on any atom is 1.00 e. The van der Waals surface area contributed by atoms with Crippen molar-refractivity contribution in [3.05, 3.63) is 41.5 Å². The summed E-state index contributed by atoms with van der Waals surface area (Å²) in [5.74, 6) is 1.25. The third-order valence-corrected chi connectivity index (χ3v) is 5.94. The topological polar surface area (TPSA) is 32.3 Å². The number of allylic oxidation sites excluding steroid dienone is 1. The molecule has 0 radical (unpaired) electrons. The van der Waals surface area contributed by atoms with Crippen molar-refractivity contribution in [1.29, 1.82) is 0 Å². The molecule has 1 fully saturated rings. The summed E-state index contributed by atoms with van der Waals surface area (Å²) in [6, 6.07) is 8.28. The van der Waals surface area contributed by atoms with Crippen molar-refractivity contribution in [2.75, 3.05) is 13.2 Å². The molecule has 0 heterocycles. The van der Waals surface area contributed by atoms with Crippen molar-refractivity contribution < 1.29 is 39.4 Å². The first-order valence-electron chi connectivity index (χ1n) is 10.1. The average molecular weight is 367 g/mol. The van der Waals surface area contributed by atoms with Crippen molar-refractivity contribution >= 4 is 0 Å². The van der Waals surface area contributed by atoms with Gasteiger partial charge in [0, 0.05) is 0 Å². The molecular weight excluding hydrogens is 331 g/mol. The van der Waals surface area contributed by atoms with Crippen LogP contribution in [-0.2, 0) is 0 Å². The van der Waals surface area contributed by atoms with E-state index >= 15 is 0 Å². The van der Waals surface area contributed by atoms with Gasteiger partial charge in [0.05, 0.1) is 0 Å². The van der Waals surface area contributed by atoms with Crippen LogP contribution in [0.1, 0.15) is 83.6 Å². The van der Waals surface area contributed by atoms with Crippen LogP contribution in [0.3, 0.4) is 0 Å². The second-order valence-electron chi connectivity index (χ2n) is 7.68. The van der Waals surface area contributed by atoms with Crippen molar-refractivity contribution in [2.24, 2.45) is 5.41 Å². The molecular formula is C23H35NaO2. The van der Waals surface area contributed by atoms with Crippen molar-refractivity contribution in [2.45, 2.75) is 78.1 Å². The standard InChI is InChI=1S/C23H35O2.Na/c1-4-20(17-23(5-2)14-7-6-8-15-23)18-25-22-11-9-21(10-12-22)19(3)13-16-24;/h9-12,17,19H,4-8,13-16,18H2,1-3H3;/q-1;+1/b20-17+;. The van der Waals surface area contributed by atoms with E-state index in [0.717, 1.165) is 12.2 Å². The first-order chi connectivity index (χ1) is 12.1. The van der Waals surface area contributed by atoms with Crippen molar-refractivity contribution in [3.8, 4) is 5.75 Å². The summed E-state index contributed by atoms with van der Waals surface area (Å²) < 4.78 is 6.05. The monoisotopic (exact) mass is 366 g/mol. The molecule has 2 rings (SSSR count). The zero-order valence-electron chi connectivity index (χ0n) is 17.4. The minimum absolute atomic E-state index is 0. The summed E-state index contributed by atoms with van der Waals surface area (Å²) in [6.07, 6.45) is 12.3. The fraction of sp³-hybridized carbons (Fsp3) is 0.652. The Labute approximate surface area is 182 Å². The number of ether oxygens (including phenoxy) is 1. The Morgan fingerprint density at radius 1 is 1.15 bits per heavy atom. The van der Waals surface area contributed by atoms with E-state index in [2.05, 4.69) is 39.0 Å². The van der Waals surface area contributed by atoms with E-state index in [0.29, 0.717) is 24.4 Å². The van der Waals surface area contributed by atoms with Gasteiger partial charge in [0.2, 0.25) is 0 Å². The summed E-state index contributed by atoms with van der Waals surface area (Å²) in [4.78, 5) is 0. The predicted octanol–water partition coefficient (Wildman–Crippen LogP) is 2.62. The molecule has 0 saturated heterocycles. The van der Waals surface area contributed by atoms with E-state index < -0.39 is 0 Å². The van der Waals surface area contributed by atoms with Crippen LogP contribution in [0, 0.1) is 5.41 Å². The molecule has 1 aromatic carbocycles. The van der Waals surface area contributed by atoms with Crippen LogP contribution in [0.15, 0.2) is 35.9 Å². The largest absolute Gasteiger partial charge is 1.00 e. The molecule has 0 bridgehead atoms. The van der Waals surface area contributed by atoms with Crippen LogP contribution in [0.25, 0.3) is 0 Å². The number of benzene rings is 1. The van der Waals surface area contributed by atoms with Gasteiger partial charge in [0.15, 0.2) is 0 Å². The van der Waals surface area contributed by atoms with Gasteiger partial charge in [0.25, 0.3) is 0 Å². The van der Waals surface area contributed by atoms with Crippen molar-refractivity contribution in [1.82, 2.24) is 0 Å². The summed E-state index contributed by atoms with van der Waals surface area (Å²) >= 11 is 0. The van der Waals surface area contributed by atoms with Gasteiger partial charge in [-0.3, -0.25) is 0 Å². The van der Waals surface area contributed by atoms with Gasteiger partial charge in [-0.15, -0.1) is 6.61 Å². The molecule has 0 amide bonds. The Balaban J connectivity index is 0.00000338. The summed E-state index contributed by atoms with van der Waals surface area (Å²) in [5.41, 5.74) is 3.05. The predicted molar refractivity (Wildman–Crippen MR) is 104 cm³/mol. The summed E-state index contributed by atoms with van der Waals surface area (Å²) in [5, 5.41) is 10.8. The van der Waals surface area contributed by atoms with Crippen LogP contribution < -0.4 is 39.4 Å². The molecule has 140 valence electrons. The van der Waals surface area contributed by atoms with E-state index in [-0.39, 0.29) is 36.2 Å². The quantitative estimate of drug-likeness (QED) is 0.497. The Bertz CT molecular complexity index is 530. The van der Waals surface area contributed by atoms with Crippen molar-refractivity contribution in [3.63, 3.8) is 0 Å². The van der Waals surface area contributed by atoms with Gasteiger partial charge >= 0.3 is 29.6 Å². The fourth-order valence-electron chi connectivity index (χ4n) is 3.95. The number of rotatable bonds is 9. The zero-order valence-corrected chi connectivity index (χ0v) is 19.4. The van der Waals surface area contributed by atoms with Crippen LogP contribution in [0.2, 0.25) is 0 Å². The maximum absolute atomic E-state index is 10.8. The SMILES string of the molecule is CC/C(=C\C1(CC)CCCCC1)COc1ccc(C(C)CC[O-])cc1.[Na+].